The second-order valence-electron chi connectivity index (χ2n) is 4.91. The fourth-order valence-electron chi connectivity index (χ4n) is 1.35. The van der Waals surface area contributed by atoms with Crippen LogP contribution in [0, 0.1) is 11.2 Å². The largest absolute Gasteiger partial charge is 0.299 e. The van der Waals surface area contributed by atoms with Crippen molar-refractivity contribution in [3.05, 3.63) is 34.6 Å². The van der Waals surface area contributed by atoms with E-state index in [9.17, 15) is 9.18 Å². The summed E-state index contributed by atoms with van der Waals surface area (Å²) >= 11 is 5.88. The van der Waals surface area contributed by atoms with Gasteiger partial charge in [0.15, 0.2) is 0 Å². The number of rotatable bonds is 3. The zero-order valence-electron chi connectivity index (χ0n) is 9.81. The summed E-state index contributed by atoms with van der Waals surface area (Å²) < 4.78 is 12.8. The fraction of sp³-hybridized carbons (Fsp3) is 0.462. The smallest absolute Gasteiger partial charge is 0.138 e. The molecule has 0 heterocycles. The molecule has 0 bridgehead atoms. The van der Waals surface area contributed by atoms with Crippen LogP contribution in [0.25, 0.3) is 0 Å². The number of halogens is 2. The van der Waals surface area contributed by atoms with E-state index in [4.69, 9.17) is 11.6 Å². The summed E-state index contributed by atoms with van der Waals surface area (Å²) in [7, 11) is 0. The minimum atomic E-state index is -0.351. The van der Waals surface area contributed by atoms with Gasteiger partial charge in [-0.1, -0.05) is 38.4 Å². The number of aryl methyl sites for hydroxylation is 1. The molecule has 0 aliphatic rings. The Bertz CT molecular complexity index is 393. The molecule has 16 heavy (non-hydrogen) atoms. The molecule has 88 valence electrons. The van der Waals surface area contributed by atoms with E-state index in [0.29, 0.717) is 17.9 Å². The maximum atomic E-state index is 12.8. The number of ketones is 1. The van der Waals surface area contributed by atoms with Crippen LogP contribution in [0.4, 0.5) is 4.39 Å². The van der Waals surface area contributed by atoms with Crippen LogP contribution in [-0.2, 0) is 11.2 Å². The third-order valence-electron chi connectivity index (χ3n) is 2.47. The molecule has 0 aromatic heterocycles. The van der Waals surface area contributed by atoms with Gasteiger partial charge >= 0.3 is 0 Å². The number of carbonyl (C=O) groups is 1. The maximum Gasteiger partial charge on any atom is 0.138 e. The highest BCUT2D eigenvalue weighted by Crippen LogP contribution is 2.22. The second kappa shape index (κ2) is 4.96. The van der Waals surface area contributed by atoms with Gasteiger partial charge in [0.25, 0.3) is 0 Å². The molecule has 1 rings (SSSR count). The molecule has 3 heteroatoms. The first kappa shape index (κ1) is 13.2. The Hall–Kier alpha value is -0.890. The highest BCUT2D eigenvalue weighted by molar-refractivity contribution is 6.31. The Morgan fingerprint density at radius 2 is 2.00 bits per heavy atom. The molecule has 1 nitrogen and oxygen atoms in total. The zero-order chi connectivity index (χ0) is 12.3. The van der Waals surface area contributed by atoms with Gasteiger partial charge in [0.1, 0.15) is 11.6 Å². The second-order valence-corrected chi connectivity index (χ2v) is 5.32. The van der Waals surface area contributed by atoms with Gasteiger partial charge < -0.3 is 0 Å². The van der Waals surface area contributed by atoms with E-state index in [2.05, 4.69) is 0 Å². The molecule has 0 saturated carbocycles. The topological polar surface area (TPSA) is 17.1 Å². The summed E-state index contributed by atoms with van der Waals surface area (Å²) in [6.07, 6.45) is 1.00. The van der Waals surface area contributed by atoms with E-state index in [-0.39, 0.29) is 17.0 Å². The first-order valence-corrected chi connectivity index (χ1v) is 5.66. The SMILES string of the molecule is CC(C)(C)C(=O)CCc1ccc(F)cc1Cl. The van der Waals surface area contributed by atoms with Crippen molar-refractivity contribution in [1.29, 1.82) is 0 Å². The summed E-state index contributed by atoms with van der Waals surface area (Å²) in [6.45, 7) is 5.67. The van der Waals surface area contributed by atoms with Gasteiger partial charge in [0, 0.05) is 16.9 Å². The maximum absolute atomic E-state index is 12.8. The lowest BCUT2D eigenvalue weighted by Gasteiger charge is -2.16. The predicted octanol–water partition coefficient (Wildman–Crippen LogP) is 4.03. The Kier molecular flexibility index (Phi) is 4.09. The molecule has 1 aromatic carbocycles. The zero-order valence-corrected chi connectivity index (χ0v) is 10.6. The van der Waals surface area contributed by atoms with Gasteiger partial charge in [-0.15, -0.1) is 0 Å². The van der Waals surface area contributed by atoms with Crippen LogP contribution in [0.2, 0.25) is 5.02 Å². The first-order valence-electron chi connectivity index (χ1n) is 5.28. The molecule has 0 fully saturated rings. The van der Waals surface area contributed by atoms with Crippen molar-refractivity contribution in [2.75, 3.05) is 0 Å². The Labute approximate surface area is 101 Å². The van der Waals surface area contributed by atoms with E-state index in [1.165, 1.54) is 12.1 Å². The highest BCUT2D eigenvalue weighted by Gasteiger charge is 2.20. The standard InChI is InChI=1S/C13H16ClFO/c1-13(2,3)12(16)7-5-9-4-6-10(15)8-11(9)14/h4,6,8H,5,7H2,1-3H3. The van der Waals surface area contributed by atoms with E-state index in [1.807, 2.05) is 20.8 Å². The van der Waals surface area contributed by atoms with Gasteiger partial charge in [-0.3, -0.25) is 4.79 Å². The van der Waals surface area contributed by atoms with Gasteiger partial charge in [-0.05, 0) is 24.1 Å². The van der Waals surface area contributed by atoms with Crippen LogP contribution >= 0.6 is 11.6 Å². The van der Waals surface area contributed by atoms with Gasteiger partial charge in [-0.25, -0.2) is 4.39 Å². The summed E-state index contributed by atoms with van der Waals surface area (Å²) in [5.74, 6) is -0.163. The summed E-state index contributed by atoms with van der Waals surface area (Å²) in [6, 6.07) is 4.27. The third-order valence-corrected chi connectivity index (χ3v) is 2.82. The fourth-order valence-corrected chi connectivity index (χ4v) is 1.61. The lowest BCUT2D eigenvalue weighted by Crippen LogP contribution is -2.20. The van der Waals surface area contributed by atoms with Crippen molar-refractivity contribution in [3.8, 4) is 0 Å². The van der Waals surface area contributed by atoms with Crippen molar-refractivity contribution in [3.63, 3.8) is 0 Å². The molecule has 0 radical (unpaired) electrons. The third kappa shape index (κ3) is 3.60. The average molecular weight is 243 g/mol. The quantitative estimate of drug-likeness (QED) is 0.782. The lowest BCUT2D eigenvalue weighted by atomic mass is 9.87. The van der Waals surface area contributed by atoms with Crippen LogP contribution in [0.3, 0.4) is 0 Å². The van der Waals surface area contributed by atoms with Gasteiger partial charge in [0.05, 0.1) is 0 Å². The number of Topliss-reactive ketones (excluding diaryl/α,β-unsaturated/α-hetero) is 1. The normalized spacial score (nSPS) is 11.6. The summed E-state index contributed by atoms with van der Waals surface area (Å²) in [5, 5.41) is 0.390. The minimum Gasteiger partial charge on any atom is -0.299 e. The minimum absolute atomic E-state index is 0.188. The molecule has 0 aliphatic carbocycles. The molecule has 0 atom stereocenters. The summed E-state index contributed by atoms with van der Waals surface area (Å²) in [5.41, 5.74) is 0.493. The summed E-state index contributed by atoms with van der Waals surface area (Å²) in [4.78, 5) is 11.7. The average Bonchev–Trinajstić information content (AvgIpc) is 2.14. The van der Waals surface area contributed by atoms with Crippen molar-refractivity contribution < 1.29 is 9.18 Å². The van der Waals surface area contributed by atoms with E-state index >= 15 is 0 Å². The predicted molar refractivity (Wildman–Crippen MR) is 64.2 cm³/mol. The van der Waals surface area contributed by atoms with Crippen LogP contribution in [-0.4, -0.2) is 5.78 Å². The number of hydrogen-bond acceptors (Lipinski definition) is 1. The van der Waals surface area contributed by atoms with Crippen molar-refractivity contribution in [2.24, 2.45) is 5.41 Å². The number of benzene rings is 1. The van der Waals surface area contributed by atoms with Crippen LogP contribution in [0.1, 0.15) is 32.8 Å². The van der Waals surface area contributed by atoms with Gasteiger partial charge in [0.2, 0.25) is 0 Å². The van der Waals surface area contributed by atoms with Crippen LogP contribution in [0.15, 0.2) is 18.2 Å². The Balaban J connectivity index is 2.65. The number of carbonyl (C=O) groups excluding carboxylic acids is 1. The Morgan fingerprint density at radius 1 is 1.38 bits per heavy atom. The van der Waals surface area contributed by atoms with E-state index in [0.717, 1.165) is 5.56 Å². The van der Waals surface area contributed by atoms with Crippen molar-refractivity contribution in [2.45, 2.75) is 33.6 Å². The van der Waals surface area contributed by atoms with E-state index in [1.54, 1.807) is 6.07 Å². The molecule has 0 amide bonds. The van der Waals surface area contributed by atoms with Crippen LogP contribution in [0.5, 0.6) is 0 Å². The van der Waals surface area contributed by atoms with Crippen molar-refractivity contribution >= 4 is 17.4 Å². The van der Waals surface area contributed by atoms with Crippen molar-refractivity contribution in [1.82, 2.24) is 0 Å². The Morgan fingerprint density at radius 3 is 2.50 bits per heavy atom. The number of hydrogen-bond donors (Lipinski definition) is 0. The molecular weight excluding hydrogens is 227 g/mol. The molecule has 0 unspecified atom stereocenters. The monoisotopic (exact) mass is 242 g/mol. The molecule has 0 N–H and O–H groups in total. The molecule has 0 spiro atoms. The molecule has 1 aromatic rings. The molecule has 0 saturated heterocycles. The van der Waals surface area contributed by atoms with Crippen LogP contribution < -0.4 is 0 Å². The van der Waals surface area contributed by atoms with Gasteiger partial charge in [-0.2, -0.15) is 0 Å². The molecular formula is C13H16ClFO. The molecule has 0 aliphatic heterocycles. The van der Waals surface area contributed by atoms with E-state index < -0.39 is 0 Å². The lowest BCUT2D eigenvalue weighted by molar-refractivity contribution is -0.126. The highest BCUT2D eigenvalue weighted by atomic mass is 35.5. The first-order chi connectivity index (χ1) is 7.30.